The van der Waals surface area contributed by atoms with Crippen LogP contribution in [-0.4, -0.2) is 41.7 Å². The Bertz CT molecular complexity index is 405. The molecule has 1 aromatic heterocycles. The third-order valence-corrected chi connectivity index (χ3v) is 2.08. The van der Waals surface area contributed by atoms with Gasteiger partial charge in [0.25, 0.3) is 5.91 Å². The minimum Gasteiger partial charge on any atom is -0.367 e. The Morgan fingerprint density at radius 2 is 2.17 bits per heavy atom. The van der Waals surface area contributed by atoms with E-state index in [-0.39, 0.29) is 18.8 Å². The second-order valence-corrected chi connectivity index (χ2v) is 3.51. The SMILES string of the molecule is Cc1nonc1C(=O)NCCOC(C)C(F)(F)F. The number of aryl methyl sites for hydroxylation is 1. The van der Waals surface area contributed by atoms with E-state index in [0.717, 1.165) is 6.92 Å². The van der Waals surface area contributed by atoms with Gasteiger partial charge in [0.1, 0.15) is 5.69 Å². The Kier molecular flexibility index (Phi) is 4.65. The monoisotopic (exact) mass is 267 g/mol. The topological polar surface area (TPSA) is 77.2 Å². The van der Waals surface area contributed by atoms with Gasteiger partial charge in [-0.15, -0.1) is 0 Å². The van der Waals surface area contributed by atoms with Gasteiger partial charge >= 0.3 is 6.18 Å². The molecule has 0 saturated carbocycles. The van der Waals surface area contributed by atoms with Crippen molar-refractivity contribution in [2.45, 2.75) is 26.1 Å². The molecule has 9 heteroatoms. The van der Waals surface area contributed by atoms with Crippen molar-refractivity contribution in [2.24, 2.45) is 0 Å². The number of hydrogen-bond acceptors (Lipinski definition) is 5. The van der Waals surface area contributed by atoms with E-state index in [4.69, 9.17) is 0 Å². The number of halogens is 3. The van der Waals surface area contributed by atoms with Crippen molar-refractivity contribution < 1.29 is 27.3 Å². The number of alkyl halides is 3. The molecule has 1 heterocycles. The first-order chi connectivity index (χ1) is 8.32. The summed E-state index contributed by atoms with van der Waals surface area (Å²) in [7, 11) is 0. The van der Waals surface area contributed by atoms with Crippen molar-refractivity contribution in [2.75, 3.05) is 13.2 Å². The molecular weight excluding hydrogens is 255 g/mol. The van der Waals surface area contributed by atoms with Gasteiger partial charge in [-0.1, -0.05) is 5.16 Å². The van der Waals surface area contributed by atoms with Gasteiger partial charge in [0, 0.05) is 6.54 Å². The van der Waals surface area contributed by atoms with Gasteiger partial charge in [0.2, 0.25) is 0 Å². The molecule has 1 N–H and O–H groups in total. The molecule has 0 aliphatic rings. The van der Waals surface area contributed by atoms with E-state index in [2.05, 4.69) is 25.0 Å². The van der Waals surface area contributed by atoms with Crippen LogP contribution in [0.1, 0.15) is 23.1 Å². The average Bonchev–Trinajstić information content (AvgIpc) is 2.68. The Labute approximate surface area is 100 Å². The molecule has 18 heavy (non-hydrogen) atoms. The molecule has 0 aliphatic carbocycles. The number of rotatable bonds is 5. The minimum absolute atomic E-state index is 0.00105. The lowest BCUT2D eigenvalue weighted by Gasteiger charge is -2.16. The fraction of sp³-hybridized carbons (Fsp3) is 0.667. The van der Waals surface area contributed by atoms with Crippen molar-refractivity contribution in [3.63, 3.8) is 0 Å². The Hall–Kier alpha value is -1.64. The van der Waals surface area contributed by atoms with Crippen molar-refractivity contribution in [3.05, 3.63) is 11.4 Å². The lowest BCUT2D eigenvalue weighted by Crippen LogP contribution is -2.33. The third kappa shape index (κ3) is 3.99. The number of ether oxygens (including phenoxy) is 1. The Morgan fingerprint density at radius 1 is 1.50 bits per heavy atom. The maximum atomic E-state index is 12.1. The average molecular weight is 267 g/mol. The van der Waals surface area contributed by atoms with Crippen LogP contribution in [0.25, 0.3) is 0 Å². The van der Waals surface area contributed by atoms with Crippen molar-refractivity contribution >= 4 is 5.91 Å². The maximum Gasteiger partial charge on any atom is 0.414 e. The summed E-state index contributed by atoms with van der Waals surface area (Å²) in [5.41, 5.74) is 0.302. The zero-order valence-electron chi connectivity index (χ0n) is 9.74. The molecule has 1 rings (SSSR count). The van der Waals surface area contributed by atoms with Gasteiger partial charge < -0.3 is 10.1 Å². The highest BCUT2D eigenvalue weighted by Gasteiger charge is 2.36. The normalized spacial score (nSPS) is 13.4. The van der Waals surface area contributed by atoms with Crippen LogP contribution in [-0.2, 0) is 4.74 Å². The van der Waals surface area contributed by atoms with Gasteiger partial charge in [-0.2, -0.15) is 13.2 Å². The summed E-state index contributed by atoms with van der Waals surface area (Å²) in [6.45, 7) is 2.10. The first-order valence-electron chi connectivity index (χ1n) is 5.08. The van der Waals surface area contributed by atoms with E-state index in [1.165, 1.54) is 6.92 Å². The molecule has 0 fully saturated rings. The predicted molar refractivity (Wildman–Crippen MR) is 52.8 cm³/mol. The van der Waals surface area contributed by atoms with E-state index in [9.17, 15) is 18.0 Å². The number of carbonyl (C=O) groups is 1. The molecule has 0 bridgehead atoms. The lowest BCUT2D eigenvalue weighted by atomic mass is 10.3. The Morgan fingerprint density at radius 3 is 2.67 bits per heavy atom. The first-order valence-corrected chi connectivity index (χ1v) is 5.08. The van der Waals surface area contributed by atoms with Crippen LogP contribution in [0.5, 0.6) is 0 Å². The molecule has 0 spiro atoms. The number of nitrogens with one attached hydrogen (secondary N) is 1. The van der Waals surface area contributed by atoms with Gasteiger partial charge in [-0.25, -0.2) is 4.63 Å². The third-order valence-electron chi connectivity index (χ3n) is 2.08. The summed E-state index contributed by atoms with van der Waals surface area (Å²) in [5.74, 6) is -0.572. The fourth-order valence-corrected chi connectivity index (χ4v) is 1.02. The molecule has 1 amide bonds. The summed E-state index contributed by atoms with van der Waals surface area (Å²) >= 11 is 0. The largest absolute Gasteiger partial charge is 0.414 e. The molecule has 1 unspecified atom stereocenters. The summed E-state index contributed by atoms with van der Waals surface area (Å²) in [5, 5.41) is 9.09. The van der Waals surface area contributed by atoms with Crippen LogP contribution in [0.4, 0.5) is 13.2 Å². The van der Waals surface area contributed by atoms with Gasteiger partial charge in [0.15, 0.2) is 11.8 Å². The highest BCUT2D eigenvalue weighted by Crippen LogP contribution is 2.21. The lowest BCUT2D eigenvalue weighted by molar-refractivity contribution is -0.213. The second kappa shape index (κ2) is 5.80. The number of hydrogen-bond donors (Lipinski definition) is 1. The zero-order chi connectivity index (χ0) is 13.8. The summed E-state index contributed by atoms with van der Waals surface area (Å²) in [4.78, 5) is 11.4. The predicted octanol–water partition coefficient (Wildman–Crippen LogP) is 1.08. The van der Waals surface area contributed by atoms with Crippen LogP contribution < -0.4 is 5.32 Å². The molecule has 102 valence electrons. The Balaban J connectivity index is 2.27. The minimum atomic E-state index is -4.41. The fourth-order valence-electron chi connectivity index (χ4n) is 1.02. The second-order valence-electron chi connectivity index (χ2n) is 3.51. The van der Waals surface area contributed by atoms with E-state index in [1.807, 2.05) is 0 Å². The van der Waals surface area contributed by atoms with E-state index < -0.39 is 18.2 Å². The molecular formula is C9H12F3N3O3. The molecule has 0 radical (unpaired) electrons. The first kappa shape index (κ1) is 14.4. The molecule has 1 aromatic rings. The summed E-state index contributed by atoms with van der Waals surface area (Å²) < 4.78 is 45.0. The van der Waals surface area contributed by atoms with Gasteiger partial charge in [-0.3, -0.25) is 4.79 Å². The van der Waals surface area contributed by atoms with Crippen LogP contribution in [0, 0.1) is 6.92 Å². The van der Waals surface area contributed by atoms with E-state index >= 15 is 0 Å². The van der Waals surface area contributed by atoms with Crippen LogP contribution in [0.3, 0.4) is 0 Å². The number of aromatic nitrogens is 2. The molecule has 0 aliphatic heterocycles. The summed E-state index contributed by atoms with van der Waals surface area (Å²) in [6.07, 6.45) is -6.28. The number of amides is 1. The van der Waals surface area contributed by atoms with Crippen molar-refractivity contribution in [1.29, 1.82) is 0 Å². The standard InChI is InChI=1S/C9H12F3N3O3/c1-5-7(15-18-14-5)8(16)13-3-4-17-6(2)9(10,11)12/h6H,3-4H2,1-2H3,(H,13,16). The smallest absolute Gasteiger partial charge is 0.367 e. The molecule has 0 aromatic carbocycles. The van der Waals surface area contributed by atoms with E-state index in [1.54, 1.807) is 0 Å². The van der Waals surface area contributed by atoms with Crippen molar-refractivity contribution in [1.82, 2.24) is 15.6 Å². The molecule has 6 nitrogen and oxygen atoms in total. The maximum absolute atomic E-state index is 12.1. The number of nitrogens with zero attached hydrogens (tertiary/aromatic N) is 2. The van der Waals surface area contributed by atoms with Crippen LogP contribution in [0.2, 0.25) is 0 Å². The number of carbonyl (C=O) groups excluding carboxylic acids is 1. The van der Waals surface area contributed by atoms with Crippen LogP contribution >= 0.6 is 0 Å². The highest BCUT2D eigenvalue weighted by molar-refractivity contribution is 5.92. The van der Waals surface area contributed by atoms with Gasteiger partial charge in [-0.05, 0) is 19.0 Å². The van der Waals surface area contributed by atoms with Gasteiger partial charge in [0.05, 0.1) is 6.61 Å². The molecule has 0 saturated heterocycles. The quantitative estimate of drug-likeness (QED) is 0.807. The molecule has 1 atom stereocenters. The summed E-state index contributed by atoms with van der Waals surface area (Å²) in [6, 6.07) is 0. The van der Waals surface area contributed by atoms with E-state index in [0.29, 0.717) is 5.69 Å². The zero-order valence-corrected chi connectivity index (χ0v) is 9.74. The highest BCUT2D eigenvalue weighted by atomic mass is 19.4. The van der Waals surface area contributed by atoms with Crippen LogP contribution in [0.15, 0.2) is 4.63 Å². The van der Waals surface area contributed by atoms with Crippen molar-refractivity contribution in [3.8, 4) is 0 Å².